The van der Waals surface area contributed by atoms with Crippen molar-refractivity contribution in [1.29, 1.82) is 0 Å². The number of ether oxygens (including phenoxy) is 1. The van der Waals surface area contributed by atoms with Gasteiger partial charge < -0.3 is 14.5 Å². The molecule has 0 saturated carbocycles. The van der Waals surface area contributed by atoms with E-state index in [-0.39, 0.29) is 10.8 Å². The Morgan fingerprint density at radius 2 is 1.07 bits per heavy atom. The zero-order chi connectivity index (χ0) is 41.0. The highest BCUT2D eigenvalue weighted by Gasteiger charge is 2.42. The van der Waals surface area contributed by atoms with Crippen LogP contribution < -0.4 is 14.5 Å². The Bertz CT molecular complexity index is 3230. The Morgan fingerprint density at radius 1 is 0.410 bits per heavy atom. The fourth-order valence-corrected chi connectivity index (χ4v) is 10.5. The molecule has 292 valence electrons. The second-order valence-electron chi connectivity index (χ2n) is 17.7. The number of benzene rings is 9. The minimum atomic E-state index is -0.233. The van der Waals surface area contributed by atoms with Crippen molar-refractivity contribution in [2.24, 2.45) is 0 Å². The maximum Gasteiger partial charge on any atom is 0.152 e. The quantitative estimate of drug-likeness (QED) is 0.173. The van der Waals surface area contributed by atoms with E-state index < -0.39 is 0 Å². The van der Waals surface area contributed by atoms with Crippen molar-refractivity contribution in [3.05, 3.63) is 216 Å². The van der Waals surface area contributed by atoms with Crippen LogP contribution in [0.3, 0.4) is 0 Å². The summed E-state index contributed by atoms with van der Waals surface area (Å²) in [6.07, 6.45) is 0. The average molecular weight is 785 g/mol. The van der Waals surface area contributed by atoms with Gasteiger partial charge in [0.2, 0.25) is 0 Å². The normalized spacial score (nSPS) is 14.6. The SMILES string of the molecule is CC1(C)c2ccccc2-c2ccc(N(c3ccc(-c4ccc5c(c4)N4c6c(cccc6C5(C)C)Oc5ccc6ccccc6c54)cc3)c3ccccc3-c3ccccc3)cc21. The number of para-hydroxylation sites is 2. The van der Waals surface area contributed by atoms with E-state index in [4.69, 9.17) is 4.74 Å². The molecule has 1 aliphatic carbocycles. The first kappa shape index (κ1) is 35.6. The summed E-state index contributed by atoms with van der Waals surface area (Å²) in [5, 5.41) is 2.37. The molecule has 9 aromatic carbocycles. The number of nitrogens with zero attached hydrogens (tertiary/aromatic N) is 2. The van der Waals surface area contributed by atoms with Crippen molar-refractivity contribution in [1.82, 2.24) is 0 Å². The van der Waals surface area contributed by atoms with E-state index in [2.05, 4.69) is 232 Å². The van der Waals surface area contributed by atoms with Gasteiger partial charge in [0.1, 0.15) is 0 Å². The highest BCUT2D eigenvalue weighted by molar-refractivity contribution is 6.06. The molecule has 0 radical (unpaired) electrons. The van der Waals surface area contributed by atoms with Crippen LogP contribution in [0.2, 0.25) is 0 Å². The highest BCUT2D eigenvalue weighted by atomic mass is 16.5. The molecular formula is C58H44N2O. The van der Waals surface area contributed by atoms with Crippen LogP contribution in [0.1, 0.15) is 49.9 Å². The lowest BCUT2D eigenvalue weighted by Gasteiger charge is -2.45. The molecule has 3 heteroatoms. The van der Waals surface area contributed by atoms with Crippen LogP contribution >= 0.6 is 0 Å². The van der Waals surface area contributed by atoms with Gasteiger partial charge in [0.15, 0.2) is 11.5 Å². The Hall–Kier alpha value is -7.36. The van der Waals surface area contributed by atoms with Crippen molar-refractivity contribution in [3.8, 4) is 44.9 Å². The molecule has 0 atom stereocenters. The van der Waals surface area contributed by atoms with Gasteiger partial charge in [-0.2, -0.15) is 0 Å². The summed E-state index contributed by atoms with van der Waals surface area (Å²) in [7, 11) is 0. The van der Waals surface area contributed by atoms with Gasteiger partial charge in [0, 0.05) is 33.2 Å². The minimum absolute atomic E-state index is 0.119. The van der Waals surface area contributed by atoms with Gasteiger partial charge in [0.05, 0.1) is 22.7 Å². The summed E-state index contributed by atoms with van der Waals surface area (Å²) < 4.78 is 6.71. The third-order valence-electron chi connectivity index (χ3n) is 13.6. The number of rotatable bonds is 5. The molecule has 61 heavy (non-hydrogen) atoms. The minimum Gasteiger partial charge on any atom is -0.453 e. The standard InChI is InChI=1S/C58H44N2O/c1-57(2)47-21-12-10-20-45(47)46-32-31-42(36-50(46)57)59(51-23-13-11-18-43(51)38-15-6-5-7-16-38)41-29-25-37(26-30-41)40-27-33-48-52(35-40)60-55-44-19-9-8-17-39(44)28-34-54(55)61-53-24-14-22-49(56(53)60)58(48,3)4/h5-36H,1-4H3. The molecule has 3 aliphatic rings. The van der Waals surface area contributed by atoms with Gasteiger partial charge in [-0.15, -0.1) is 0 Å². The lowest BCUT2D eigenvalue weighted by atomic mass is 9.72. The first-order chi connectivity index (χ1) is 29.8. The molecule has 9 aromatic rings. The molecule has 3 nitrogen and oxygen atoms in total. The average Bonchev–Trinajstić information content (AvgIpc) is 3.53. The molecule has 0 amide bonds. The Labute approximate surface area is 357 Å². The molecule has 2 aliphatic heterocycles. The van der Waals surface area contributed by atoms with E-state index >= 15 is 0 Å². The van der Waals surface area contributed by atoms with E-state index in [1.165, 1.54) is 66.5 Å². The predicted octanol–water partition coefficient (Wildman–Crippen LogP) is 16.2. The summed E-state index contributed by atoms with van der Waals surface area (Å²) >= 11 is 0. The van der Waals surface area contributed by atoms with Gasteiger partial charge in [-0.3, -0.25) is 0 Å². The Morgan fingerprint density at radius 3 is 1.92 bits per heavy atom. The van der Waals surface area contributed by atoms with Crippen molar-refractivity contribution in [3.63, 3.8) is 0 Å². The second kappa shape index (κ2) is 13.1. The maximum atomic E-state index is 6.71. The zero-order valence-corrected chi connectivity index (χ0v) is 34.8. The Balaban J connectivity index is 1.00. The molecule has 0 saturated heterocycles. The van der Waals surface area contributed by atoms with Gasteiger partial charge in [-0.05, 0) is 104 Å². The highest BCUT2D eigenvalue weighted by Crippen LogP contribution is 2.61. The summed E-state index contributed by atoms with van der Waals surface area (Å²) in [4.78, 5) is 4.91. The Kier molecular flexibility index (Phi) is 7.62. The van der Waals surface area contributed by atoms with Crippen LogP contribution in [0.5, 0.6) is 11.5 Å². The topological polar surface area (TPSA) is 15.7 Å². The summed E-state index contributed by atoms with van der Waals surface area (Å²) in [5.74, 6) is 1.77. The maximum absolute atomic E-state index is 6.71. The molecule has 0 bridgehead atoms. The third kappa shape index (κ3) is 5.23. The molecule has 0 aromatic heterocycles. The van der Waals surface area contributed by atoms with Crippen LogP contribution in [0.15, 0.2) is 194 Å². The fraction of sp³-hybridized carbons (Fsp3) is 0.103. The first-order valence-electron chi connectivity index (χ1n) is 21.3. The molecule has 0 fully saturated rings. The van der Waals surface area contributed by atoms with E-state index in [0.717, 1.165) is 45.5 Å². The smallest absolute Gasteiger partial charge is 0.152 e. The summed E-state index contributed by atoms with van der Waals surface area (Å²) in [6, 6.07) is 71.1. The summed E-state index contributed by atoms with van der Waals surface area (Å²) in [6.45, 7) is 9.39. The molecule has 2 heterocycles. The molecule has 0 spiro atoms. The van der Waals surface area contributed by atoms with Crippen molar-refractivity contribution < 1.29 is 4.74 Å². The number of anilines is 6. The number of fused-ring (bicyclic) bond motifs is 9. The van der Waals surface area contributed by atoms with E-state index in [1.54, 1.807) is 0 Å². The molecule has 0 unspecified atom stereocenters. The lowest BCUT2D eigenvalue weighted by molar-refractivity contribution is 0.472. The molecule has 0 N–H and O–H groups in total. The van der Waals surface area contributed by atoms with Crippen molar-refractivity contribution >= 4 is 44.9 Å². The monoisotopic (exact) mass is 784 g/mol. The van der Waals surface area contributed by atoms with Crippen molar-refractivity contribution in [2.75, 3.05) is 9.80 Å². The van der Waals surface area contributed by atoms with E-state index in [0.29, 0.717) is 0 Å². The van der Waals surface area contributed by atoms with Gasteiger partial charge in [0.25, 0.3) is 0 Å². The van der Waals surface area contributed by atoms with Gasteiger partial charge in [-0.1, -0.05) is 173 Å². The van der Waals surface area contributed by atoms with Crippen LogP contribution in [-0.4, -0.2) is 0 Å². The zero-order valence-electron chi connectivity index (χ0n) is 34.8. The van der Waals surface area contributed by atoms with Crippen LogP contribution in [0.4, 0.5) is 34.1 Å². The largest absolute Gasteiger partial charge is 0.453 e. The molecule has 12 rings (SSSR count). The van der Waals surface area contributed by atoms with E-state index in [1.807, 2.05) is 0 Å². The molecular weight excluding hydrogens is 741 g/mol. The first-order valence-corrected chi connectivity index (χ1v) is 21.3. The third-order valence-corrected chi connectivity index (χ3v) is 13.6. The fourth-order valence-electron chi connectivity index (χ4n) is 10.5. The number of hydrogen-bond donors (Lipinski definition) is 0. The van der Waals surface area contributed by atoms with Gasteiger partial charge >= 0.3 is 0 Å². The number of hydrogen-bond acceptors (Lipinski definition) is 3. The van der Waals surface area contributed by atoms with Gasteiger partial charge in [-0.25, -0.2) is 0 Å². The summed E-state index contributed by atoms with van der Waals surface area (Å²) in [5.41, 5.74) is 19.1. The lowest BCUT2D eigenvalue weighted by Crippen LogP contribution is -2.32. The second-order valence-corrected chi connectivity index (χ2v) is 17.7. The van der Waals surface area contributed by atoms with Crippen molar-refractivity contribution in [2.45, 2.75) is 38.5 Å². The predicted molar refractivity (Wildman–Crippen MR) is 254 cm³/mol. The van der Waals surface area contributed by atoms with Crippen LogP contribution in [0.25, 0.3) is 44.2 Å². The van der Waals surface area contributed by atoms with Crippen LogP contribution in [-0.2, 0) is 10.8 Å². The van der Waals surface area contributed by atoms with Crippen LogP contribution in [0, 0.1) is 0 Å². The van der Waals surface area contributed by atoms with E-state index in [9.17, 15) is 0 Å².